The van der Waals surface area contributed by atoms with Gasteiger partial charge in [-0.15, -0.1) is 0 Å². The zero-order chi connectivity index (χ0) is 13.1. The number of hydrogen-bond donors (Lipinski definition) is 2. The Bertz CT molecular complexity index is 315. The molecule has 0 rings (SSSR count). The minimum absolute atomic E-state index is 0.0653. The Morgan fingerprint density at radius 2 is 1.88 bits per heavy atom. The van der Waals surface area contributed by atoms with Gasteiger partial charge in [0.25, 0.3) is 0 Å². The quantitative estimate of drug-likeness (QED) is 0.355. The molecule has 0 aromatic rings. The Kier molecular flexibility index (Phi) is 8.79. The van der Waals surface area contributed by atoms with E-state index in [0.29, 0.717) is 13.2 Å². The molecule has 0 saturated carbocycles. The lowest BCUT2D eigenvalue weighted by molar-refractivity contribution is 0.154. The van der Waals surface area contributed by atoms with E-state index in [2.05, 4.69) is 22.5 Å². The van der Waals surface area contributed by atoms with Crippen molar-refractivity contribution in [2.75, 3.05) is 45.4 Å². The molecule has 2 N–H and O–H groups in total. The third kappa shape index (κ3) is 11.4. The van der Waals surface area contributed by atoms with Crippen molar-refractivity contribution in [3.05, 3.63) is 0 Å². The van der Waals surface area contributed by atoms with Crippen molar-refractivity contribution >= 4 is 15.8 Å². The number of hydrogen-bond acceptors (Lipinski definition) is 4. The molecule has 0 fully saturated rings. The summed E-state index contributed by atoms with van der Waals surface area (Å²) in [5.74, 6) is 0.800. The summed E-state index contributed by atoms with van der Waals surface area (Å²) in [4.78, 5) is 4.03. The summed E-state index contributed by atoms with van der Waals surface area (Å²) >= 11 is 0. The number of rotatable bonds is 8. The highest BCUT2D eigenvalue weighted by atomic mass is 32.2. The molecule has 6 nitrogen and oxygen atoms in total. The van der Waals surface area contributed by atoms with E-state index in [9.17, 15) is 8.42 Å². The topological polar surface area (TPSA) is 79.8 Å². The molecule has 0 aliphatic rings. The van der Waals surface area contributed by atoms with Gasteiger partial charge in [-0.05, 0) is 6.42 Å². The predicted molar refractivity (Wildman–Crippen MR) is 70.2 cm³/mol. The number of nitrogens with one attached hydrogen (secondary N) is 2. The second kappa shape index (κ2) is 9.23. The van der Waals surface area contributed by atoms with E-state index in [-0.39, 0.29) is 12.4 Å². The van der Waals surface area contributed by atoms with E-state index >= 15 is 0 Å². The minimum Gasteiger partial charge on any atom is -0.379 e. The summed E-state index contributed by atoms with van der Waals surface area (Å²) in [6.45, 7) is 4.25. The summed E-state index contributed by atoms with van der Waals surface area (Å²) in [6, 6.07) is 0. The molecule has 0 aromatic carbocycles. The van der Waals surface area contributed by atoms with Crippen LogP contribution in [0.25, 0.3) is 0 Å². The lowest BCUT2D eigenvalue weighted by atomic mass is 10.5. The van der Waals surface area contributed by atoms with Crippen LogP contribution in [0.1, 0.15) is 13.3 Å². The van der Waals surface area contributed by atoms with Crippen LogP contribution in [-0.2, 0) is 14.6 Å². The van der Waals surface area contributed by atoms with Crippen LogP contribution in [0.15, 0.2) is 4.99 Å². The predicted octanol–water partition coefficient (Wildman–Crippen LogP) is -0.377. The maximum absolute atomic E-state index is 10.8. The van der Waals surface area contributed by atoms with Crippen LogP contribution in [0.3, 0.4) is 0 Å². The minimum atomic E-state index is -2.93. The molecule has 17 heavy (non-hydrogen) atoms. The number of aliphatic imine (C=N–C) groups is 1. The standard InChI is InChI=1S/C10H23N3O3S/c1-4-5-12-10(11-2)13-6-7-16-8-9-17(3,14)15/h4-9H2,1-3H3,(H2,11,12,13). The van der Waals surface area contributed by atoms with Crippen LogP contribution >= 0.6 is 0 Å². The van der Waals surface area contributed by atoms with Crippen LogP contribution in [0, 0.1) is 0 Å². The van der Waals surface area contributed by atoms with Crippen molar-refractivity contribution < 1.29 is 13.2 Å². The summed E-state index contributed by atoms with van der Waals surface area (Å²) in [5.41, 5.74) is 0. The second-order valence-corrected chi connectivity index (χ2v) is 5.93. The molecule has 0 aromatic heterocycles. The largest absolute Gasteiger partial charge is 0.379 e. The van der Waals surface area contributed by atoms with Gasteiger partial charge in [-0.3, -0.25) is 4.99 Å². The summed E-state index contributed by atoms with van der Waals surface area (Å²) in [6.07, 6.45) is 2.23. The monoisotopic (exact) mass is 265 g/mol. The summed E-state index contributed by atoms with van der Waals surface area (Å²) in [7, 11) is -1.22. The molecule has 102 valence electrons. The summed E-state index contributed by atoms with van der Waals surface area (Å²) in [5, 5.41) is 6.19. The Balaban J connectivity index is 3.50. The highest BCUT2D eigenvalue weighted by molar-refractivity contribution is 7.90. The third-order valence-electron chi connectivity index (χ3n) is 1.90. The molecule has 0 unspecified atom stereocenters. The number of guanidine groups is 1. The van der Waals surface area contributed by atoms with E-state index in [1.54, 1.807) is 7.05 Å². The molecule has 0 radical (unpaired) electrons. The normalized spacial score (nSPS) is 12.5. The van der Waals surface area contributed by atoms with Gasteiger partial charge in [-0.25, -0.2) is 8.42 Å². The average Bonchev–Trinajstić information content (AvgIpc) is 2.25. The van der Waals surface area contributed by atoms with Crippen molar-refractivity contribution in [3.8, 4) is 0 Å². The fourth-order valence-corrected chi connectivity index (χ4v) is 1.44. The first-order chi connectivity index (χ1) is 7.99. The molecule has 0 spiro atoms. The van der Waals surface area contributed by atoms with Gasteiger partial charge in [0, 0.05) is 26.4 Å². The number of ether oxygens (including phenoxy) is 1. The lowest BCUT2D eigenvalue weighted by Gasteiger charge is -2.11. The molecular weight excluding hydrogens is 242 g/mol. The summed E-state index contributed by atoms with van der Waals surface area (Å²) < 4.78 is 26.8. The molecule has 0 bridgehead atoms. The van der Waals surface area contributed by atoms with Crippen LogP contribution < -0.4 is 10.6 Å². The Hall–Kier alpha value is -0.820. The van der Waals surface area contributed by atoms with Gasteiger partial charge in [0.1, 0.15) is 9.84 Å². The van der Waals surface area contributed by atoms with Crippen molar-refractivity contribution in [1.29, 1.82) is 0 Å². The molecule has 0 aliphatic carbocycles. The van der Waals surface area contributed by atoms with Crippen LogP contribution in [0.5, 0.6) is 0 Å². The fourth-order valence-electron chi connectivity index (χ4n) is 1.02. The van der Waals surface area contributed by atoms with E-state index < -0.39 is 9.84 Å². The van der Waals surface area contributed by atoms with Crippen LogP contribution in [0.2, 0.25) is 0 Å². The van der Waals surface area contributed by atoms with Crippen molar-refractivity contribution in [3.63, 3.8) is 0 Å². The van der Waals surface area contributed by atoms with E-state index in [1.807, 2.05) is 0 Å². The first kappa shape index (κ1) is 16.2. The smallest absolute Gasteiger partial charge is 0.191 e. The van der Waals surface area contributed by atoms with Crippen LogP contribution in [0.4, 0.5) is 0 Å². The molecule has 0 aliphatic heterocycles. The van der Waals surface area contributed by atoms with E-state index in [0.717, 1.165) is 18.9 Å². The third-order valence-corrected chi connectivity index (χ3v) is 2.81. The Morgan fingerprint density at radius 3 is 2.41 bits per heavy atom. The van der Waals surface area contributed by atoms with E-state index in [1.165, 1.54) is 6.26 Å². The number of sulfone groups is 1. The first-order valence-corrected chi connectivity index (χ1v) is 7.75. The highest BCUT2D eigenvalue weighted by Gasteiger charge is 2.01. The van der Waals surface area contributed by atoms with Crippen molar-refractivity contribution in [2.45, 2.75) is 13.3 Å². The van der Waals surface area contributed by atoms with E-state index in [4.69, 9.17) is 4.74 Å². The lowest BCUT2D eigenvalue weighted by Crippen LogP contribution is -2.39. The molecule has 0 saturated heterocycles. The van der Waals surface area contributed by atoms with Gasteiger partial charge in [0.15, 0.2) is 5.96 Å². The number of nitrogens with zero attached hydrogens (tertiary/aromatic N) is 1. The molecule has 0 atom stereocenters. The first-order valence-electron chi connectivity index (χ1n) is 5.69. The van der Waals surface area contributed by atoms with Gasteiger partial charge in [-0.1, -0.05) is 6.92 Å². The fraction of sp³-hybridized carbons (Fsp3) is 0.900. The maximum Gasteiger partial charge on any atom is 0.191 e. The zero-order valence-electron chi connectivity index (χ0n) is 10.8. The maximum atomic E-state index is 10.8. The van der Waals surface area contributed by atoms with Crippen molar-refractivity contribution in [1.82, 2.24) is 10.6 Å². The molecule has 0 heterocycles. The molecule has 7 heteroatoms. The van der Waals surface area contributed by atoms with Crippen molar-refractivity contribution in [2.24, 2.45) is 4.99 Å². The van der Waals surface area contributed by atoms with Gasteiger partial charge in [-0.2, -0.15) is 0 Å². The Labute approximate surface area is 104 Å². The molecule has 0 amide bonds. The average molecular weight is 265 g/mol. The SMILES string of the molecule is CCCNC(=NC)NCCOCCS(C)(=O)=O. The van der Waals surface area contributed by atoms with Gasteiger partial charge in [0.05, 0.1) is 19.0 Å². The molecular formula is C10H23N3O3S. The van der Waals surface area contributed by atoms with Crippen LogP contribution in [-0.4, -0.2) is 59.7 Å². The Morgan fingerprint density at radius 1 is 1.24 bits per heavy atom. The highest BCUT2D eigenvalue weighted by Crippen LogP contribution is 1.83. The van der Waals surface area contributed by atoms with Gasteiger partial charge in [0.2, 0.25) is 0 Å². The van der Waals surface area contributed by atoms with Gasteiger partial charge >= 0.3 is 0 Å². The van der Waals surface area contributed by atoms with Gasteiger partial charge < -0.3 is 15.4 Å². The second-order valence-electron chi connectivity index (χ2n) is 3.67. The zero-order valence-corrected chi connectivity index (χ0v) is 11.6.